The highest BCUT2D eigenvalue weighted by Gasteiger charge is 2.46. The molecule has 1 aliphatic rings. The number of anilines is 1. The van der Waals surface area contributed by atoms with Gasteiger partial charge in [0.15, 0.2) is 0 Å². The number of hydrogen-bond acceptors (Lipinski definition) is 5. The Morgan fingerprint density at radius 1 is 1.20 bits per heavy atom. The van der Waals surface area contributed by atoms with Crippen LogP contribution in [0.2, 0.25) is 0 Å². The fourth-order valence-corrected chi connectivity index (χ4v) is 5.41. The van der Waals surface area contributed by atoms with Gasteiger partial charge in [-0.05, 0) is 23.6 Å². The Bertz CT molecular complexity index is 892. The van der Waals surface area contributed by atoms with Crippen LogP contribution in [-0.2, 0) is 19.6 Å². The number of carbonyl (C=O) groups excluding carboxylic acids is 2. The number of sulfonamides is 1. The lowest BCUT2D eigenvalue weighted by Crippen LogP contribution is -2.45. The topological polar surface area (TPSA) is 74.8 Å². The van der Waals surface area contributed by atoms with Crippen LogP contribution in [0, 0.1) is 0 Å². The van der Waals surface area contributed by atoms with Crippen molar-refractivity contribution in [3.8, 4) is 0 Å². The standard InChI is InChI=1S/C17H16N2O4S2/c1-2-10-18(25(22,23)16-9-6-11-24-16)14-12-15(20)19(17(14)21)13-7-4-3-5-8-13/h2-9,11,14H,1,10,12H2. The van der Waals surface area contributed by atoms with E-state index in [2.05, 4.69) is 6.58 Å². The van der Waals surface area contributed by atoms with Gasteiger partial charge in [-0.15, -0.1) is 17.9 Å². The molecule has 1 aromatic heterocycles. The number of amides is 2. The first-order valence-corrected chi connectivity index (χ1v) is 9.87. The lowest BCUT2D eigenvalue weighted by atomic mass is 10.2. The second-order valence-corrected chi connectivity index (χ2v) is 8.48. The molecule has 6 nitrogen and oxygen atoms in total. The van der Waals surface area contributed by atoms with E-state index in [0.29, 0.717) is 5.69 Å². The third kappa shape index (κ3) is 3.15. The lowest BCUT2D eigenvalue weighted by Gasteiger charge is -2.25. The Labute approximate surface area is 150 Å². The number of nitrogens with zero attached hydrogens (tertiary/aromatic N) is 2. The Balaban J connectivity index is 1.97. The van der Waals surface area contributed by atoms with Gasteiger partial charge in [0.25, 0.3) is 15.9 Å². The summed E-state index contributed by atoms with van der Waals surface area (Å²) < 4.78 is 26.9. The second-order valence-electron chi connectivity index (χ2n) is 5.42. The molecular weight excluding hydrogens is 360 g/mol. The molecule has 1 aliphatic heterocycles. The number of hydrogen-bond donors (Lipinski definition) is 0. The van der Waals surface area contributed by atoms with Crippen LogP contribution >= 0.6 is 11.3 Å². The Hall–Kier alpha value is -2.29. The molecule has 130 valence electrons. The van der Waals surface area contributed by atoms with Gasteiger partial charge in [-0.2, -0.15) is 4.31 Å². The summed E-state index contributed by atoms with van der Waals surface area (Å²) in [7, 11) is -3.88. The van der Waals surface area contributed by atoms with Gasteiger partial charge in [0, 0.05) is 6.54 Å². The van der Waals surface area contributed by atoms with Gasteiger partial charge in [-0.1, -0.05) is 30.3 Å². The normalized spacial score (nSPS) is 18.1. The van der Waals surface area contributed by atoms with Crippen molar-refractivity contribution in [3.63, 3.8) is 0 Å². The summed E-state index contributed by atoms with van der Waals surface area (Å²) in [6.45, 7) is 3.53. The quantitative estimate of drug-likeness (QED) is 0.572. The SMILES string of the molecule is C=CCN(C1CC(=O)N(c2ccccc2)C1=O)S(=O)(=O)c1cccs1. The van der Waals surface area contributed by atoms with E-state index in [9.17, 15) is 18.0 Å². The molecule has 0 N–H and O–H groups in total. The molecular formula is C17H16N2O4S2. The molecule has 2 amide bonds. The van der Waals surface area contributed by atoms with Crippen molar-refractivity contribution in [2.24, 2.45) is 0 Å². The van der Waals surface area contributed by atoms with Gasteiger partial charge >= 0.3 is 0 Å². The van der Waals surface area contributed by atoms with Crippen LogP contribution in [0.3, 0.4) is 0 Å². The Kier molecular flexibility index (Phi) is 4.85. The van der Waals surface area contributed by atoms with E-state index in [1.807, 2.05) is 0 Å². The molecule has 2 aromatic rings. The van der Waals surface area contributed by atoms with Crippen molar-refractivity contribution >= 4 is 38.9 Å². The molecule has 8 heteroatoms. The van der Waals surface area contributed by atoms with Crippen molar-refractivity contribution in [2.45, 2.75) is 16.7 Å². The van der Waals surface area contributed by atoms with Crippen molar-refractivity contribution in [3.05, 3.63) is 60.5 Å². The van der Waals surface area contributed by atoms with Gasteiger partial charge in [0.2, 0.25) is 5.91 Å². The fourth-order valence-electron chi connectivity index (χ4n) is 2.74. The highest BCUT2D eigenvalue weighted by Crippen LogP contribution is 2.30. The molecule has 1 fully saturated rings. The third-order valence-corrected chi connectivity index (χ3v) is 7.10. The number of imide groups is 1. The molecule has 1 unspecified atom stereocenters. The van der Waals surface area contributed by atoms with Gasteiger partial charge in [-0.25, -0.2) is 13.3 Å². The van der Waals surface area contributed by atoms with E-state index >= 15 is 0 Å². The molecule has 25 heavy (non-hydrogen) atoms. The van der Waals surface area contributed by atoms with Crippen molar-refractivity contribution in [2.75, 3.05) is 11.4 Å². The van der Waals surface area contributed by atoms with E-state index in [1.165, 1.54) is 12.1 Å². The molecule has 0 aliphatic carbocycles. The maximum atomic E-state index is 12.9. The molecule has 0 bridgehead atoms. The molecule has 1 saturated heterocycles. The largest absolute Gasteiger partial charge is 0.274 e. The molecule has 0 saturated carbocycles. The number of carbonyl (C=O) groups is 2. The zero-order chi connectivity index (χ0) is 18.0. The maximum absolute atomic E-state index is 12.9. The van der Waals surface area contributed by atoms with Crippen molar-refractivity contribution in [1.29, 1.82) is 0 Å². The summed E-state index contributed by atoms with van der Waals surface area (Å²) in [4.78, 5) is 26.2. The van der Waals surface area contributed by atoms with E-state index in [1.54, 1.807) is 41.8 Å². The van der Waals surface area contributed by atoms with Crippen LogP contribution in [-0.4, -0.2) is 37.1 Å². The predicted octanol–water partition coefficient (Wildman–Crippen LogP) is 2.26. The van der Waals surface area contributed by atoms with E-state index in [4.69, 9.17) is 0 Å². The van der Waals surface area contributed by atoms with Crippen LogP contribution < -0.4 is 4.90 Å². The first-order chi connectivity index (χ1) is 12.0. The van der Waals surface area contributed by atoms with Gasteiger partial charge in [-0.3, -0.25) is 9.59 Å². The minimum Gasteiger partial charge on any atom is -0.274 e. The van der Waals surface area contributed by atoms with Gasteiger partial charge < -0.3 is 0 Å². The van der Waals surface area contributed by atoms with Crippen LogP contribution in [0.25, 0.3) is 0 Å². The minimum atomic E-state index is -3.88. The minimum absolute atomic E-state index is 0.0491. The van der Waals surface area contributed by atoms with Crippen molar-refractivity contribution in [1.82, 2.24) is 4.31 Å². The predicted molar refractivity (Wildman–Crippen MR) is 95.7 cm³/mol. The molecule has 3 rings (SSSR count). The first-order valence-electron chi connectivity index (χ1n) is 7.55. The van der Waals surface area contributed by atoms with Gasteiger partial charge in [0.1, 0.15) is 10.3 Å². The summed E-state index contributed by atoms with van der Waals surface area (Å²) in [5.74, 6) is -0.963. The first kappa shape index (κ1) is 17.5. The van der Waals surface area contributed by atoms with Crippen LogP contribution in [0.1, 0.15) is 6.42 Å². The summed E-state index contributed by atoms with van der Waals surface area (Å²) >= 11 is 1.07. The maximum Gasteiger partial charge on any atom is 0.253 e. The molecule has 1 aromatic carbocycles. The Morgan fingerprint density at radius 3 is 2.52 bits per heavy atom. The molecule has 1 atom stereocenters. The molecule has 2 heterocycles. The zero-order valence-corrected chi connectivity index (χ0v) is 14.9. The summed E-state index contributed by atoms with van der Waals surface area (Å²) in [5.41, 5.74) is 0.437. The number of benzene rings is 1. The summed E-state index contributed by atoms with van der Waals surface area (Å²) in [5, 5.41) is 1.65. The smallest absolute Gasteiger partial charge is 0.253 e. The van der Waals surface area contributed by atoms with Crippen LogP contribution in [0.4, 0.5) is 5.69 Å². The highest BCUT2D eigenvalue weighted by molar-refractivity contribution is 7.91. The Morgan fingerprint density at radius 2 is 1.92 bits per heavy atom. The van der Waals surface area contributed by atoms with Crippen molar-refractivity contribution < 1.29 is 18.0 Å². The van der Waals surface area contributed by atoms with Gasteiger partial charge in [0.05, 0.1) is 12.1 Å². The average molecular weight is 376 g/mol. The highest BCUT2D eigenvalue weighted by atomic mass is 32.2. The monoisotopic (exact) mass is 376 g/mol. The van der Waals surface area contributed by atoms with E-state index < -0.39 is 27.9 Å². The number of rotatable bonds is 6. The van der Waals surface area contributed by atoms with E-state index in [-0.39, 0.29) is 17.2 Å². The van der Waals surface area contributed by atoms with E-state index in [0.717, 1.165) is 20.5 Å². The zero-order valence-electron chi connectivity index (χ0n) is 13.2. The third-order valence-electron chi connectivity index (χ3n) is 3.85. The van der Waals surface area contributed by atoms with Crippen LogP contribution in [0.15, 0.2) is 64.7 Å². The molecule has 0 radical (unpaired) electrons. The number of thiophene rings is 1. The molecule has 0 spiro atoms. The summed E-state index contributed by atoms with van der Waals surface area (Å²) in [6, 6.07) is 10.5. The fraction of sp³-hybridized carbons (Fsp3) is 0.176. The van der Waals surface area contributed by atoms with Crippen LogP contribution in [0.5, 0.6) is 0 Å². The number of para-hydroxylation sites is 1. The summed E-state index contributed by atoms with van der Waals surface area (Å²) in [6.07, 6.45) is 1.22. The lowest BCUT2D eigenvalue weighted by molar-refractivity contribution is -0.122. The second kappa shape index (κ2) is 6.91. The average Bonchev–Trinajstić information content (AvgIpc) is 3.22.